The van der Waals surface area contributed by atoms with Gasteiger partial charge in [-0.05, 0) is 44.0 Å². The van der Waals surface area contributed by atoms with Gasteiger partial charge in [0, 0.05) is 56.4 Å². The van der Waals surface area contributed by atoms with Crippen molar-refractivity contribution in [3.8, 4) is 5.75 Å². The normalized spacial score (nSPS) is 22.8. The summed E-state index contributed by atoms with van der Waals surface area (Å²) < 4.78 is 5.24. The summed E-state index contributed by atoms with van der Waals surface area (Å²) in [7, 11) is 3.77. The number of piperazine rings is 1. The molecule has 2 aliphatic rings. The van der Waals surface area contributed by atoms with E-state index in [1.807, 2.05) is 4.90 Å². The van der Waals surface area contributed by atoms with Crippen molar-refractivity contribution >= 4 is 17.5 Å². The predicted molar refractivity (Wildman–Crippen MR) is 101 cm³/mol. The molecule has 0 saturated carbocycles. The minimum atomic E-state index is 0.0591. The van der Waals surface area contributed by atoms with Crippen LogP contribution in [0.3, 0.4) is 0 Å². The second-order valence-electron chi connectivity index (χ2n) is 7.24. The number of carbonyl (C=O) groups excluding carboxylic acids is 1. The molecule has 1 unspecified atom stereocenters. The Balaban J connectivity index is 1.60. The highest BCUT2D eigenvalue weighted by molar-refractivity contribution is 6.31. The van der Waals surface area contributed by atoms with Crippen LogP contribution in [-0.4, -0.2) is 80.6 Å². The number of likely N-dealkylation sites (tertiary alicyclic amines) is 1. The SMILES string of the molecule is COc1cc(Cl)cc(C(=O)N2CCCC(CN3CCN(C)CC3)C2)c1. The van der Waals surface area contributed by atoms with Crippen LogP contribution >= 0.6 is 11.6 Å². The first-order valence-electron chi connectivity index (χ1n) is 9.10. The van der Waals surface area contributed by atoms with E-state index in [2.05, 4.69) is 16.8 Å². The van der Waals surface area contributed by atoms with E-state index in [1.54, 1.807) is 25.3 Å². The maximum absolute atomic E-state index is 12.9. The summed E-state index contributed by atoms with van der Waals surface area (Å²) in [5.74, 6) is 1.24. The molecule has 1 aromatic rings. The van der Waals surface area contributed by atoms with E-state index >= 15 is 0 Å². The summed E-state index contributed by atoms with van der Waals surface area (Å²) >= 11 is 6.12. The molecule has 5 nitrogen and oxygen atoms in total. The van der Waals surface area contributed by atoms with Crippen LogP contribution in [0.4, 0.5) is 0 Å². The minimum absolute atomic E-state index is 0.0591. The van der Waals surface area contributed by atoms with Crippen molar-refractivity contribution in [2.75, 3.05) is 60.0 Å². The van der Waals surface area contributed by atoms with Crippen molar-refractivity contribution in [2.45, 2.75) is 12.8 Å². The number of halogens is 1. The molecule has 2 aliphatic heterocycles. The summed E-state index contributed by atoms with van der Waals surface area (Å²) in [6.45, 7) is 7.29. The number of rotatable bonds is 4. The molecule has 2 heterocycles. The zero-order chi connectivity index (χ0) is 17.8. The van der Waals surface area contributed by atoms with Gasteiger partial charge in [0.15, 0.2) is 0 Å². The van der Waals surface area contributed by atoms with Gasteiger partial charge in [-0.2, -0.15) is 0 Å². The lowest BCUT2D eigenvalue weighted by Crippen LogP contribution is -2.49. The lowest BCUT2D eigenvalue weighted by Gasteiger charge is -2.38. The lowest BCUT2D eigenvalue weighted by molar-refractivity contribution is 0.0609. The molecule has 6 heteroatoms. The Morgan fingerprint density at radius 2 is 1.96 bits per heavy atom. The summed E-state index contributed by atoms with van der Waals surface area (Å²) in [4.78, 5) is 19.8. The van der Waals surface area contributed by atoms with Gasteiger partial charge < -0.3 is 19.4 Å². The standard InChI is InChI=1S/C19H28ClN3O2/c1-21-6-8-22(9-7-21)13-15-4-3-5-23(14-15)19(24)16-10-17(20)12-18(11-16)25-2/h10-12,15H,3-9,13-14H2,1-2H3. The Morgan fingerprint density at radius 3 is 2.68 bits per heavy atom. The molecule has 1 amide bonds. The fraction of sp³-hybridized carbons (Fsp3) is 0.632. The van der Waals surface area contributed by atoms with E-state index in [0.717, 1.165) is 52.2 Å². The molecule has 0 aromatic heterocycles. The number of likely N-dealkylation sites (N-methyl/N-ethyl adjacent to an activating group) is 1. The number of nitrogens with zero attached hydrogens (tertiary/aromatic N) is 3. The Kier molecular flexibility index (Phi) is 6.20. The second kappa shape index (κ2) is 8.39. The molecule has 1 aromatic carbocycles. The average molecular weight is 366 g/mol. The van der Waals surface area contributed by atoms with Crippen LogP contribution in [0.1, 0.15) is 23.2 Å². The first-order valence-corrected chi connectivity index (χ1v) is 9.47. The summed E-state index contributed by atoms with van der Waals surface area (Å²) in [6.07, 6.45) is 2.27. The molecule has 2 fully saturated rings. The van der Waals surface area contributed by atoms with Gasteiger partial charge in [0.05, 0.1) is 7.11 Å². The zero-order valence-electron chi connectivity index (χ0n) is 15.2. The Morgan fingerprint density at radius 1 is 1.20 bits per heavy atom. The molecule has 25 heavy (non-hydrogen) atoms. The summed E-state index contributed by atoms with van der Waals surface area (Å²) in [6, 6.07) is 5.24. The fourth-order valence-corrected chi connectivity index (χ4v) is 4.01. The van der Waals surface area contributed by atoms with Gasteiger partial charge in [-0.25, -0.2) is 0 Å². The molecule has 0 bridgehead atoms. The highest BCUT2D eigenvalue weighted by atomic mass is 35.5. The molecule has 0 aliphatic carbocycles. The van der Waals surface area contributed by atoms with Gasteiger partial charge in [-0.1, -0.05) is 11.6 Å². The van der Waals surface area contributed by atoms with Crippen LogP contribution in [0.2, 0.25) is 5.02 Å². The van der Waals surface area contributed by atoms with Crippen LogP contribution in [-0.2, 0) is 0 Å². The van der Waals surface area contributed by atoms with Crippen molar-refractivity contribution in [1.29, 1.82) is 0 Å². The van der Waals surface area contributed by atoms with Gasteiger partial charge in [-0.15, -0.1) is 0 Å². The van der Waals surface area contributed by atoms with E-state index in [-0.39, 0.29) is 5.91 Å². The molecular weight excluding hydrogens is 338 g/mol. The predicted octanol–water partition coefficient (Wildman–Crippen LogP) is 2.45. The minimum Gasteiger partial charge on any atom is -0.497 e. The van der Waals surface area contributed by atoms with Crippen LogP contribution in [0, 0.1) is 5.92 Å². The number of hydrogen-bond acceptors (Lipinski definition) is 4. The van der Waals surface area contributed by atoms with Crippen LogP contribution in [0.15, 0.2) is 18.2 Å². The van der Waals surface area contributed by atoms with Gasteiger partial charge in [0.1, 0.15) is 5.75 Å². The van der Waals surface area contributed by atoms with Crippen LogP contribution < -0.4 is 4.74 Å². The Hall–Kier alpha value is -1.30. The van der Waals surface area contributed by atoms with Crippen molar-refractivity contribution in [3.63, 3.8) is 0 Å². The van der Waals surface area contributed by atoms with Crippen molar-refractivity contribution in [1.82, 2.24) is 14.7 Å². The maximum Gasteiger partial charge on any atom is 0.254 e. The summed E-state index contributed by atoms with van der Waals surface area (Å²) in [5, 5.41) is 0.536. The third kappa shape index (κ3) is 4.87. The molecule has 138 valence electrons. The van der Waals surface area contributed by atoms with Crippen LogP contribution in [0.5, 0.6) is 5.75 Å². The largest absolute Gasteiger partial charge is 0.497 e. The Labute approximate surface area is 155 Å². The highest BCUT2D eigenvalue weighted by Gasteiger charge is 2.27. The number of benzene rings is 1. The highest BCUT2D eigenvalue weighted by Crippen LogP contribution is 2.24. The van der Waals surface area contributed by atoms with Crippen LogP contribution in [0.25, 0.3) is 0 Å². The first kappa shape index (κ1) is 18.5. The molecule has 0 radical (unpaired) electrons. The van der Waals surface area contributed by atoms with Gasteiger partial charge in [0.25, 0.3) is 5.91 Å². The van der Waals surface area contributed by atoms with E-state index in [9.17, 15) is 4.79 Å². The molecule has 0 N–H and O–H groups in total. The van der Waals surface area contributed by atoms with Crippen molar-refractivity contribution in [3.05, 3.63) is 28.8 Å². The van der Waals surface area contributed by atoms with E-state index in [4.69, 9.17) is 16.3 Å². The molecule has 0 spiro atoms. The van der Waals surface area contributed by atoms with E-state index in [0.29, 0.717) is 22.3 Å². The maximum atomic E-state index is 12.9. The van der Waals surface area contributed by atoms with Gasteiger partial charge >= 0.3 is 0 Å². The summed E-state index contributed by atoms with van der Waals surface area (Å²) in [5.41, 5.74) is 0.615. The monoisotopic (exact) mass is 365 g/mol. The second-order valence-corrected chi connectivity index (χ2v) is 7.68. The zero-order valence-corrected chi connectivity index (χ0v) is 16.0. The third-order valence-corrected chi connectivity index (χ3v) is 5.49. The smallest absolute Gasteiger partial charge is 0.254 e. The Bertz CT molecular complexity index is 602. The topological polar surface area (TPSA) is 36.0 Å². The first-order chi connectivity index (χ1) is 12.0. The number of hydrogen-bond donors (Lipinski definition) is 0. The number of methoxy groups -OCH3 is 1. The lowest BCUT2D eigenvalue weighted by atomic mass is 9.96. The molecule has 1 atom stereocenters. The average Bonchev–Trinajstić information content (AvgIpc) is 2.62. The van der Waals surface area contributed by atoms with Gasteiger partial charge in [0.2, 0.25) is 0 Å². The number of piperidine rings is 1. The van der Waals surface area contributed by atoms with Crippen molar-refractivity contribution < 1.29 is 9.53 Å². The number of ether oxygens (including phenoxy) is 1. The van der Waals surface area contributed by atoms with Gasteiger partial charge in [-0.3, -0.25) is 4.79 Å². The van der Waals surface area contributed by atoms with Crippen molar-refractivity contribution in [2.24, 2.45) is 5.92 Å². The third-order valence-electron chi connectivity index (χ3n) is 5.27. The molecule has 3 rings (SSSR count). The molecular formula is C19H28ClN3O2. The molecule has 2 saturated heterocycles. The van der Waals surface area contributed by atoms with E-state index < -0.39 is 0 Å². The quantitative estimate of drug-likeness (QED) is 0.821. The van der Waals surface area contributed by atoms with E-state index in [1.165, 1.54) is 6.42 Å². The number of amides is 1. The fourth-order valence-electron chi connectivity index (χ4n) is 3.78. The number of carbonyl (C=O) groups is 1.